The van der Waals surface area contributed by atoms with Gasteiger partial charge in [0.15, 0.2) is 23.8 Å². The first-order valence-corrected chi connectivity index (χ1v) is 11.6. The van der Waals surface area contributed by atoms with E-state index in [1.807, 2.05) is 0 Å². The number of nitrogens with one attached hydrogen (secondary N) is 4. The van der Waals surface area contributed by atoms with Crippen LogP contribution in [0, 0.1) is 0 Å². The lowest BCUT2D eigenvalue weighted by atomic mass is 10.1. The number of rotatable bonds is 6. The number of alkyl halides is 2. The minimum Gasteiger partial charge on any atom is -0.482 e. The van der Waals surface area contributed by atoms with Crippen LogP contribution in [0.5, 0.6) is 17.2 Å². The lowest BCUT2D eigenvalue weighted by molar-refractivity contribution is -0.286. The summed E-state index contributed by atoms with van der Waals surface area (Å²) in [5.74, 6) is -0.963. The fraction of sp³-hybridized carbons (Fsp3) is 0.160. The summed E-state index contributed by atoms with van der Waals surface area (Å²) in [7, 11) is 0. The van der Waals surface area contributed by atoms with E-state index in [1.54, 1.807) is 18.2 Å². The van der Waals surface area contributed by atoms with Gasteiger partial charge in [0.1, 0.15) is 17.6 Å². The van der Waals surface area contributed by atoms with Gasteiger partial charge in [-0.1, -0.05) is 12.1 Å². The van der Waals surface area contributed by atoms with E-state index in [1.165, 1.54) is 30.7 Å². The molecule has 0 saturated carbocycles. The van der Waals surface area contributed by atoms with Gasteiger partial charge in [-0.15, -0.1) is 8.78 Å². The van der Waals surface area contributed by atoms with Gasteiger partial charge in [-0.05, 0) is 35.4 Å². The number of benzene rings is 2. The van der Waals surface area contributed by atoms with Crippen LogP contribution in [0.3, 0.4) is 0 Å². The molecule has 4 N–H and O–H groups in total. The van der Waals surface area contributed by atoms with Gasteiger partial charge in [-0.2, -0.15) is 0 Å². The third-order valence-corrected chi connectivity index (χ3v) is 5.97. The highest BCUT2D eigenvalue weighted by Gasteiger charge is 2.43. The molecular formula is C25H18F2N6O6. The molecule has 0 fully saturated rings. The van der Waals surface area contributed by atoms with Crippen molar-refractivity contribution in [3.63, 3.8) is 0 Å². The van der Waals surface area contributed by atoms with Crippen LogP contribution in [0.25, 0.3) is 11.0 Å². The number of hydrogen-bond donors (Lipinski definition) is 4. The Balaban J connectivity index is 1.13. The molecule has 2 aliphatic rings. The second-order valence-corrected chi connectivity index (χ2v) is 8.63. The molecule has 0 bridgehead atoms. The number of nitrogens with zero attached hydrogens (tertiary/aromatic N) is 2. The molecule has 0 spiro atoms. The number of fused-ring (bicyclic) bond motifs is 3. The number of H-pyrrole nitrogens is 1. The van der Waals surface area contributed by atoms with Gasteiger partial charge in [0.25, 0.3) is 17.7 Å². The Morgan fingerprint density at radius 2 is 1.67 bits per heavy atom. The maximum atomic E-state index is 13.2. The molecule has 39 heavy (non-hydrogen) atoms. The van der Waals surface area contributed by atoms with Crippen LogP contribution in [0.2, 0.25) is 0 Å². The number of aromatic amines is 1. The number of carbonyl (C=O) groups excluding carboxylic acids is 3. The van der Waals surface area contributed by atoms with Gasteiger partial charge in [-0.25, -0.2) is 9.97 Å². The number of hydrogen-bond acceptors (Lipinski definition) is 8. The van der Waals surface area contributed by atoms with E-state index in [2.05, 4.69) is 40.4 Å². The van der Waals surface area contributed by atoms with E-state index in [4.69, 9.17) is 4.74 Å². The first kappa shape index (κ1) is 24.1. The molecule has 198 valence electrons. The predicted molar refractivity (Wildman–Crippen MR) is 129 cm³/mol. The van der Waals surface area contributed by atoms with Crippen molar-refractivity contribution in [1.82, 2.24) is 25.6 Å². The van der Waals surface area contributed by atoms with Crippen molar-refractivity contribution >= 4 is 34.4 Å². The van der Waals surface area contributed by atoms with Crippen LogP contribution in [0.1, 0.15) is 32.0 Å². The summed E-state index contributed by atoms with van der Waals surface area (Å²) in [5, 5.41) is 8.15. The highest BCUT2D eigenvalue weighted by atomic mass is 19.3. The van der Waals surface area contributed by atoms with Crippen LogP contribution >= 0.6 is 0 Å². The lowest BCUT2D eigenvalue weighted by Gasteiger charge is -2.18. The first-order chi connectivity index (χ1) is 18.8. The van der Waals surface area contributed by atoms with Gasteiger partial charge >= 0.3 is 6.29 Å². The van der Waals surface area contributed by atoms with Crippen LogP contribution in [-0.2, 0) is 17.9 Å². The summed E-state index contributed by atoms with van der Waals surface area (Å²) < 4.78 is 40.6. The number of ether oxygens (including phenoxy) is 3. The highest BCUT2D eigenvalue weighted by Crippen LogP contribution is 2.41. The summed E-state index contributed by atoms with van der Waals surface area (Å²) in [5.41, 5.74) is 2.43. The van der Waals surface area contributed by atoms with E-state index in [-0.39, 0.29) is 59.4 Å². The van der Waals surface area contributed by atoms with Crippen molar-refractivity contribution in [2.24, 2.45) is 0 Å². The molecule has 0 atom stereocenters. The molecule has 2 aromatic carbocycles. The second-order valence-electron chi connectivity index (χ2n) is 8.63. The largest absolute Gasteiger partial charge is 0.586 e. The smallest absolute Gasteiger partial charge is 0.482 e. The quantitative estimate of drug-likeness (QED) is 0.293. The van der Waals surface area contributed by atoms with E-state index in [9.17, 15) is 23.2 Å². The van der Waals surface area contributed by atoms with Gasteiger partial charge in [0.2, 0.25) is 0 Å². The molecule has 0 aliphatic carbocycles. The molecule has 4 heterocycles. The monoisotopic (exact) mass is 536 g/mol. The van der Waals surface area contributed by atoms with E-state index in [0.717, 1.165) is 5.56 Å². The SMILES string of the molecule is O=C1COc2ccc(CNC(=O)c3ncnc4c(C(=O)NCc5ccc6c(c5)OC(F)(F)O6)c[nH]c34)cc2N1. The molecule has 0 radical (unpaired) electrons. The molecule has 0 saturated heterocycles. The number of carbonyl (C=O) groups is 3. The zero-order valence-corrected chi connectivity index (χ0v) is 19.8. The Kier molecular flexibility index (Phi) is 5.70. The van der Waals surface area contributed by atoms with Crippen molar-refractivity contribution in [3.05, 3.63) is 71.3 Å². The maximum absolute atomic E-state index is 13.2. The zero-order chi connectivity index (χ0) is 27.1. The van der Waals surface area contributed by atoms with Gasteiger partial charge in [0, 0.05) is 19.3 Å². The van der Waals surface area contributed by atoms with Crippen molar-refractivity contribution in [1.29, 1.82) is 0 Å². The summed E-state index contributed by atoms with van der Waals surface area (Å²) in [4.78, 5) is 48.4. The second kappa shape index (κ2) is 9.24. The van der Waals surface area contributed by atoms with E-state index >= 15 is 0 Å². The Morgan fingerprint density at radius 3 is 2.49 bits per heavy atom. The van der Waals surface area contributed by atoms with Crippen molar-refractivity contribution in [2.75, 3.05) is 11.9 Å². The van der Waals surface area contributed by atoms with Crippen LogP contribution in [0.4, 0.5) is 14.5 Å². The fourth-order valence-electron chi connectivity index (χ4n) is 4.17. The average molecular weight is 536 g/mol. The molecule has 12 nitrogen and oxygen atoms in total. The summed E-state index contributed by atoms with van der Waals surface area (Å²) in [6.45, 7) is 0.101. The Morgan fingerprint density at radius 1 is 0.949 bits per heavy atom. The Hall–Kier alpha value is -5.27. The number of halogens is 2. The minimum absolute atomic E-state index is 0.0123. The molecule has 2 aromatic heterocycles. The third kappa shape index (κ3) is 4.74. The van der Waals surface area contributed by atoms with Gasteiger partial charge in [0.05, 0.1) is 16.8 Å². The van der Waals surface area contributed by atoms with Crippen molar-refractivity contribution in [2.45, 2.75) is 19.4 Å². The number of anilines is 1. The molecule has 4 aromatic rings. The highest BCUT2D eigenvalue weighted by molar-refractivity contribution is 6.10. The molecule has 6 rings (SSSR count). The lowest BCUT2D eigenvalue weighted by Crippen LogP contribution is -2.26. The van der Waals surface area contributed by atoms with Gasteiger partial charge in [-0.3, -0.25) is 14.4 Å². The number of aromatic nitrogens is 3. The molecule has 2 aliphatic heterocycles. The summed E-state index contributed by atoms with van der Waals surface area (Å²) >= 11 is 0. The molecular weight excluding hydrogens is 518 g/mol. The van der Waals surface area contributed by atoms with Crippen LogP contribution in [0.15, 0.2) is 48.9 Å². The van der Waals surface area contributed by atoms with Crippen molar-refractivity contribution in [3.8, 4) is 17.2 Å². The summed E-state index contributed by atoms with van der Waals surface area (Å²) in [6.07, 6.45) is -1.16. The number of amides is 3. The minimum atomic E-state index is -3.73. The zero-order valence-electron chi connectivity index (χ0n) is 19.8. The standard InChI is InChI=1S/C25H18F2N6O6/c26-25(27)38-17-4-2-13(6-18(17)39-25)8-29-23(35)14-9-28-21-20(14)31-11-32-22(21)24(36)30-7-12-1-3-16-15(5-12)33-19(34)10-37-16/h1-6,9,11,28H,7-8,10H2,(H,29,35)(H,30,36)(H,33,34). The fourth-order valence-corrected chi connectivity index (χ4v) is 4.17. The van der Waals surface area contributed by atoms with E-state index in [0.29, 0.717) is 17.0 Å². The molecule has 0 unspecified atom stereocenters. The normalized spacial score (nSPS) is 14.8. The van der Waals surface area contributed by atoms with E-state index < -0.39 is 18.1 Å². The first-order valence-electron chi connectivity index (χ1n) is 11.6. The van der Waals surface area contributed by atoms with Crippen molar-refractivity contribution < 1.29 is 37.4 Å². The maximum Gasteiger partial charge on any atom is 0.586 e. The van der Waals surface area contributed by atoms with Gasteiger partial charge < -0.3 is 35.1 Å². The van der Waals surface area contributed by atoms with Crippen LogP contribution in [-0.4, -0.2) is 45.6 Å². The predicted octanol–water partition coefficient (Wildman–Crippen LogP) is 2.47. The summed E-state index contributed by atoms with van der Waals surface area (Å²) in [6, 6.07) is 9.36. The topological polar surface area (TPSA) is 157 Å². The Bertz CT molecular complexity index is 1660. The molecule has 14 heteroatoms. The average Bonchev–Trinajstić information content (AvgIpc) is 3.49. The Labute approximate surface area is 217 Å². The third-order valence-electron chi connectivity index (χ3n) is 5.97. The van der Waals surface area contributed by atoms with Crippen LogP contribution < -0.4 is 30.2 Å². The molecule has 3 amide bonds.